The van der Waals surface area contributed by atoms with Gasteiger partial charge in [-0.25, -0.2) is 16.3 Å². The first-order chi connectivity index (χ1) is 12.0. The quantitative estimate of drug-likeness (QED) is 0.430. The van der Waals surface area contributed by atoms with Gasteiger partial charge in [-0.15, -0.1) is 11.3 Å². The monoisotopic (exact) mass is 359 g/mol. The van der Waals surface area contributed by atoms with Gasteiger partial charge in [0.15, 0.2) is 0 Å². The van der Waals surface area contributed by atoms with Crippen molar-refractivity contribution in [2.45, 2.75) is 25.4 Å². The molecule has 3 N–H and O–H groups in total. The molecule has 25 heavy (non-hydrogen) atoms. The summed E-state index contributed by atoms with van der Waals surface area (Å²) in [5, 5.41) is 14.6. The Bertz CT molecular complexity index is 820. The van der Waals surface area contributed by atoms with E-state index in [9.17, 15) is 14.9 Å². The number of non-ortho nitro benzene ring substituents is 1. The first-order valence-electron chi connectivity index (χ1n) is 7.67. The molecule has 1 fully saturated rings. The van der Waals surface area contributed by atoms with Crippen LogP contribution < -0.4 is 16.3 Å². The average Bonchev–Trinajstić information content (AvgIpc) is 3.24. The highest BCUT2D eigenvalue weighted by molar-refractivity contribution is 7.12. The van der Waals surface area contributed by atoms with E-state index in [1.165, 1.54) is 28.1 Å². The van der Waals surface area contributed by atoms with Gasteiger partial charge in [-0.2, -0.15) is 5.10 Å². The van der Waals surface area contributed by atoms with Crippen molar-refractivity contribution in [2.24, 2.45) is 5.10 Å². The molecule has 1 aliphatic rings. The van der Waals surface area contributed by atoms with Crippen molar-refractivity contribution in [1.29, 1.82) is 0 Å². The van der Waals surface area contributed by atoms with Crippen LogP contribution in [0.4, 0.5) is 5.69 Å². The Hall–Kier alpha value is -2.62. The van der Waals surface area contributed by atoms with E-state index >= 15 is 0 Å². The average molecular weight is 359 g/mol. The Morgan fingerprint density at radius 2 is 2.24 bits per heavy atom. The molecule has 130 valence electrons. The fourth-order valence-corrected chi connectivity index (χ4v) is 3.46. The largest absolute Gasteiger partial charge is 0.271 e. The Morgan fingerprint density at radius 3 is 2.96 bits per heavy atom. The maximum atomic E-state index is 12.2. The summed E-state index contributed by atoms with van der Waals surface area (Å²) in [6.07, 6.45) is 2.01. The Morgan fingerprint density at radius 1 is 1.40 bits per heavy atom. The molecule has 2 unspecified atom stereocenters. The molecule has 9 heteroatoms. The maximum absolute atomic E-state index is 12.2. The molecular formula is C16H17N5O3S. The number of benzene rings is 1. The molecule has 1 aliphatic heterocycles. The van der Waals surface area contributed by atoms with Crippen molar-refractivity contribution in [3.8, 4) is 0 Å². The summed E-state index contributed by atoms with van der Waals surface area (Å²) >= 11 is 1.70. The molecule has 1 aromatic carbocycles. The molecule has 0 radical (unpaired) electrons. The van der Waals surface area contributed by atoms with Crippen LogP contribution in [-0.2, 0) is 4.79 Å². The van der Waals surface area contributed by atoms with Gasteiger partial charge in [0.2, 0.25) is 0 Å². The number of nitro groups is 1. The molecule has 2 atom stereocenters. The van der Waals surface area contributed by atoms with E-state index in [1.54, 1.807) is 23.5 Å². The summed E-state index contributed by atoms with van der Waals surface area (Å²) in [5.74, 6) is -0.259. The lowest BCUT2D eigenvalue weighted by Crippen LogP contribution is -2.41. The summed E-state index contributed by atoms with van der Waals surface area (Å²) < 4.78 is 0. The second-order valence-electron chi connectivity index (χ2n) is 5.66. The summed E-state index contributed by atoms with van der Waals surface area (Å²) in [4.78, 5) is 24.8. The van der Waals surface area contributed by atoms with E-state index in [4.69, 9.17) is 0 Å². The number of hydrazine groups is 1. The molecule has 8 nitrogen and oxygen atoms in total. The van der Waals surface area contributed by atoms with Gasteiger partial charge in [-0.1, -0.05) is 12.1 Å². The molecule has 0 aliphatic carbocycles. The number of nitrogens with zero attached hydrogens (tertiary/aromatic N) is 2. The molecule has 0 bridgehead atoms. The first-order valence-corrected chi connectivity index (χ1v) is 8.49. The molecule has 0 spiro atoms. The van der Waals surface area contributed by atoms with Gasteiger partial charge in [0, 0.05) is 27.5 Å². The van der Waals surface area contributed by atoms with Gasteiger partial charge in [-0.3, -0.25) is 14.9 Å². The van der Waals surface area contributed by atoms with Gasteiger partial charge in [0.05, 0.1) is 17.2 Å². The zero-order valence-electron chi connectivity index (χ0n) is 13.4. The van der Waals surface area contributed by atoms with E-state index in [1.807, 2.05) is 6.92 Å². The van der Waals surface area contributed by atoms with Gasteiger partial charge in [-0.05, 0) is 25.5 Å². The van der Waals surface area contributed by atoms with Gasteiger partial charge in [0.1, 0.15) is 6.04 Å². The molecule has 1 saturated heterocycles. The lowest BCUT2D eigenvalue weighted by Gasteiger charge is -2.06. The Balaban J connectivity index is 1.54. The minimum Gasteiger partial charge on any atom is -0.271 e. The summed E-state index contributed by atoms with van der Waals surface area (Å²) in [6, 6.07) is 9.84. The summed E-state index contributed by atoms with van der Waals surface area (Å²) in [7, 11) is 0. The zero-order chi connectivity index (χ0) is 17.8. The number of aryl methyl sites for hydroxylation is 1. The Kier molecular flexibility index (Phi) is 5.17. The van der Waals surface area contributed by atoms with Crippen LogP contribution in [0.3, 0.4) is 0 Å². The minimum atomic E-state index is -0.476. The molecule has 1 amide bonds. The first kappa shape index (κ1) is 17.2. The van der Waals surface area contributed by atoms with Crippen molar-refractivity contribution in [2.75, 3.05) is 0 Å². The van der Waals surface area contributed by atoms with Crippen LogP contribution in [0.2, 0.25) is 0 Å². The third kappa shape index (κ3) is 4.27. The van der Waals surface area contributed by atoms with Crippen LogP contribution in [0, 0.1) is 17.0 Å². The van der Waals surface area contributed by atoms with Crippen molar-refractivity contribution in [3.05, 3.63) is 61.8 Å². The zero-order valence-corrected chi connectivity index (χ0v) is 14.2. The van der Waals surface area contributed by atoms with E-state index in [-0.39, 0.29) is 17.6 Å². The number of amides is 1. The van der Waals surface area contributed by atoms with Gasteiger partial charge >= 0.3 is 0 Å². The third-order valence-corrected chi connectivity index (χ3v) is 4.91. The normalized spacial score (nSPS) is 20.0. The van der Waals surface area contributed by atoms with E-state index < -0.39 is 11.0 Å². The maximum Gasteiger partial charge on any atom is 0.270 e. The molecule has 2 aromatic rings. The van der Waals surface area contributed by atoms with E-state index in [0.29, 0.717) is 12.0 Å². The lowest BCUT2D eigenvalue weighted by molar-refractivity contribution is -0.384. The van der Waals surface area contributed by atoms with Crippen LogP contribution in [0.5, 0.6) is 0 Å². The number of hydrogen-bond donors (Lipinski definition) is 3. The van der Waals surface area contributed by atoms with Gasteiger partial charge in [0.25, 0.3) is 11.6 Å². The molecule has 3 rings (SSSR count). The SMILES string of the molecule is Cc1ccc(C2CC(C(=O)N/N=C/c3cccc([N+](=O)[O-])c3)NN2)s1. The molecular weight excluding hydrogens is 342 g/mol. The fourth-order valence-electron chi connectivity index (χ4n) is 2.52. The predicted molar refractivity (Wildman–Crippen MR) is 95.3 cm³/mol. The van der Waals surface area contributed by atoms with Crippen molar-refractivity contribution in [3.63, 3.8) is 0 Å². The smallest absolute Gasteiger partial charge is 0.270 e. The number of hydrazone groups is 1. The number of hydrogen-bond acceptors (Lipinski definition) is 7. The van der Waals surface area contributed by atoms with Crippen molar-refractivity contribution < 1.29 is 9.72 Å². The topological polar surface area (TPSA) is 109 Å². The highest BCUT2D eigenvalue weighted by atomic mass is 32.1. The summed E-state index contributed by atoms with van der Waals surface area (Å²) in [5.41, 5.74) is 9.07. The molecule has 1 aromatic heterocycles. The van der Waals surface area contributed by atoms with E-state index in [2.05, 4.69) is 33.5 Å². The number of thiophene rings is 1. The van der Waals surface area contributed by atoms with Crippen LogP contribution in [0.25, 0.3) is 0 Å². The Labute approximate surface area is 148 Å². The number of carbonyl (C=O) groups is 1. The highest BCUT2D eigenvalue weighted by Crippen LogP contribution is 2.28. The number of rotatable bonds is 5. The number of nitrogens with one attached hydrogen (secondary N) is 3. The highest BCUT2D eigenvalue weighted by Gasteiger charge is 2.30. The number of carbonyl (C=O) groups excluding carboxylic acids is 1. The molecule has 0 saturated carbocycles. The summed E-state index contributed by atoms with van der Waals surface area (Å²) in [6.45, 7) is 2.05. The predicted octanol–water partition coefficient (Wildman–Crippen LogP) is 2.02. The van der Waals surface area contributed by atoms with Crippen LogP contribution in [0.15, 0.2) is 41.5 Å². The van der Waals surface area contributed by atoms with E-state index in [0.717, 1.165) is 0 Å². The van der Waals surface area contributed by atoms with Crippen LogP contribution in [0.1, 0.15) is 27.8 Å². The fraction of sp³-hybridized carbons (Fsp3) is 0.250. The minimum absolute atomic E-state index is 0.0222. The molecule has 2 heterocycles. The lowest BCUT2D eigenvalue weighted by atomic mass is 10.1. The second kappa shape index (κ2) is 7.51. The van der Waals surface area contributed by atoms with Crippen LogP contribution in [-0.4, -0.2) is 23.1 Å². The second-order valence-corrected chi connectivity index (χ2v) is 6.98. The van der Waals surface area contributed by atoms with Crippen molar-refractivity contribution >= 4 is 29.1 Å². The number of nitro benzene ring substituents is 1. The standard InChI is InChI=1S/C16H17N5O3S/c1-10-5-6-15(25-10)13-8-14(19-18-13)16(22)20-17-9-11-3-2-4-12(7-11)21(23)24/h2-7,9,13-14,18-19H,8H2,1H3,(H,20,22)/b17-9+. The van der Waals surface area contributed by atoms with Crippen molar-refractivity contribution in [1.82, 2.24) is 16.3 Å². The van der Waals surface area contributed by atoms with Crippen LogP contribution >= 0.6 is 11.3 Å². The van der Waals surface area contributed by atoms with Gasteiger partial charge < -0.3 is 0 Å². The third-order valence-electron chi connectivity index (χ3n) is 3.79.